The summed E-state index contributed by atoms with van der Waals surface area (Å²) in [6, 6.07) is 79.8. The van der Waals surface area contributed by atoms with Gasteiger partial charge in [0.25, 0.3) is 0 Å². The third kappa shape index (κ3) is 10.6. The van der Waals surface area contributed by atoms with Crippen molar-refractivity contribution < 1.29 is 20.1 Å². The van der Waals surface area contributed by atoms with Crippen LogP contribution in [0.2, 0.25) is 0 Å². The van der Waals surface area contributed by atoms with Gasteiger partial charge in [0.15, 0.2) is 0 Å². The summed E-state index contributed by atoms with van der Waals surface area (Å²) in [5, 5.41) is 0. The molecule has 3 aromatic heterocycles. The minimum atomic E-state index is 0. The van der Waals surface area contributed by atoms with E-state index in [2.05, 4.69) is 200 Å². The van der Waals surface area contributed by atoms with E-state index in [1.165, 1.54) is 66.5 Å². The van der Waals surface area contributed by atoms with E-state index in [1.807, 2.05) is 55.0 Å². The van der Waals surface area contributed by atoms with Gasteiger partial charge in [0.2, 0.25) is 6.71 Å². The van der Waals surface area contributed by atoms with E-state index in [0.717, 1.165) is 65.0 Å². The number of benzene rings is 7. The zero-order chi connectivity index (χ0) is 45.4. The molecule has 0 aliphatic heterocycles. The Balaban J connectivity index is 0.00000578. The van der Waals surface area contributed by atoms with Gasteiger partial charge in [-0.15, -0.1) is 101 Å². The maximum Gasteiger partial charge on any atom is 3.00 e. The number of hydrogen-bond acceptors (Lipinski definition) is 3. The van der Waals surface area contributed by atoms with Crippen LogP contribution in [0.4, 0.5) is 0 Å². The van der Waals surface area contributed by atoms with Crippen LogP contribution in [0.15, 0.2) is 213 Å². The second kappa shape index (κ2) is 21.6. The van der Waals surface area contributed by atoms with Crippen LogP contribution in [0.3, 0.4) is 0 Å². The summed E-state index contributed by atoms with van der Waals surface area (Å²) in [4.78, 5) is 13.9. The van der Waals surface area contributed by atoms with Gasteiger partial charge in [0.05, 0.1) is 0 Å². The van der Waals surface area contributed by atoms with Gasteiger partial charge in [-0.25, -0.2) is 0 Å². The molecule has 10 aromatic rings. The Hall–Kier alpha value is -7.30. The van der Waals surface area contributed by atoms with Gasteiger partial charge in [-0.05, 0) is 78.2 Å². The Kier molecular flexibility index (Phi) is 14.5. The van der Waals surface area contributed by atoms with E-state index < -0.39 is 0 Å². The quantitative estimate of drug-likeness (QED) is 0.0805. The molecular formula is C63H49BIrN3. The molecule has 0 N–H and O–H groups in total. The minimum Gasteiger partial charge on any atom is -0.305 e. The molecule has 7 aromatic carbocycles. The molecule has 0 amide bonds. The summed E-state index contributed by atoms with van der Waals surface area (Å²) >= 11 is 0. The summed E-state index contributed by atoms with van der Waals surface area (Å²) < 4.78 is 0. The zero-order valence-corrected chi connectivity index (χ0v) is 40.7. The van der Waals surface area contributed by atoms with Crippen LogP contribution in [0.5, 0.6) is 0 Å². The number of pyridine rings is 3. The van der Waals surface area contributed by atoms with E-state index >= 15 is 0 Å². The zero-order valence-electron chi connectivity index (χ0n) is 38.3. The van der Waals surface area contributed by atoms with Crippen molar-refractivity contribution in [3.63, 3.8) is 0 Å². The van der Waals surface area contributed by atoms with Crippen molar-refractivity contribution in [3.05, 3.63) is 264 Å². The summed E-state index contributed by atoms with van der Waals surface area (Å²) in [5.41, 5.74) is 22.0. The number of rotatable bonds is 14. The minimum absolute atomic E-state index is 0. The maximum atomic E-state index is 4.89. The molecule has 5 heteroatoms. The van der Waals surface area contributed by atoms with Crippen LogP contribution < -0.4 is 16.4 Å². The first-order chi connectivity index (χ1) is 33.0. The van der Waals surface area contributed by atoms with Gasteiger partial charge in [-0.2, -0.15) is 0 Å². The largest absolute Gasteiger partial charge is 3.00 e. The molecule has 0 aliphatic rings. The van der Waals surface area contributed by atoms with Crippen molar-refractivity contribution in [1.29, 1.82) is 0 Å². The fraction of sp³-hybridized carbons (Fsp3) is 0.0952. The molecular weight excluding hydrogens is 1000 g/mol. The fourth-order valence-corrected chi connectivity index (χ4v) is 9.23. The standard InChI is InChI=1S/C63H49BN3.Ir/c1-45-13-3-7-17-59(45)64(60-18-8-4-14-46(60)2)56-37-40-67-63(44-56)54-35-33-51(34-36-54)57-15-5-6-16-58(57)55-42-49(23-21-47-25-29-52(30-26-47)61-19-9-11-38-65-61)41-50(43-55)24-22-48-27-31-53(32-28-48)62-20-10-12-39-66-62;/h3-20,25-29,31,33-35,37-44H,21-24H2,1-2H3;/q-3;+3. The topological polar surface area (TPSA) is 38.7 Å². The number of aryl methyl sites for hydroxylation is 6. The average Bonchev–Trinajstić information content (AvgIpc) is 3.39. The second-order valence-corrected chi connectivity index (χ2v) is 17.3. The third-order valence-corrected chi connectivity index (χ3v) is 12.8. The smallest absolute Gasteiger partial charge is 0.305 e. The molecule has 0 atom stereocenters. The molecule has 328 valence electrons. The number of aromatic nitrogens is 3. The normalized spacial score (nSPS) is 10.9. The number of nitrogens with zero attached hydrogens (tertiary/aromatic N) is 3. The van der Waals surface area contributed by atoms with E-state index in [0.29, 0.717) is 0 Å². The Labute approximate surface area is 415 Å². The summed E-state index contributed by atoms with van der Waals surface area (Å²) in [5.74, 6) is 0. The van der Waals surface area contributed by atoms with Gasteiger partial charge >= 0.3 is 20.1 Å². The Morgan fingerprint density at radius 3 is 1.35 bits per heavy atom. The van der Waals surface area contributed by atoms with Gasteiger partial charge in [0.1, 0.15) is 0 Å². The summed E-state index contributed by atoms with van der Waals surface area (Å²) in [6.45, 7) is 4.50. The molecule has 10 rings (SSSR count). The Morgan fingerprint density at radius 2 is 0.853 bits per heavy atom. The molecule has 0 bridgehead atoms. The van der Waals surface area contributed by atoms with Crippen LogP contribution in [0.25, 0.3) is 56.0 Å². The van der Waals surface area contributed by atoms with Crippen LogP contribution in [-0.2, 0) is 45.8 Å². The summed E-state index contributed by atoms with van der Waals surface area (Å²) in [6.07, 6.45) is 9.25. The van der Waals surface area contributed by atoms with E-state index in [-0.39, 0.29) is 26.8 Å². The monoisotopic (exact) mass is 1050 g/mol. The van der Waals surface area contributed by atoms with Crippen molar-refractivity contribution in [2.45, 2.75) is 39.5 Å². The molecule has 0 saturated heterocycles. The van der Waals surface area contributed by atoms with Gasteiger partial charge in [-0.1, -0.05) is 179 Å². The first-order valence-corrected chi connectivity index (χ1v) is 23.2. The van der Waals surface area contributed by atoms with E-state index in [9.17, 15) is 0 Å². The Morgan fingerprint density at radius 1 is 0.382 bits per heavy atom. The van der Waals surface area contributed by atoms with Gasteiger partial charge in [0, 0.05) is 18.6 Å². The molecule has 0 fully saturated rings. The average molecular weight is 1050 g/mol. The van der Waals surface area contributed by atoms with Crippen molar-refractivity contribution in [3.8, 4) is 56.0 Å². The van der Waals surface area contributed by atoms with Crippen molar-refractivity contribution in [1.82, 2.24) is 15.0 Å². The van der Waals surface area contributed by atoms with Crippen LogP contribution in [0, 0.1) is 32.0 Å². The number of hydrogen-bond donors (Lipinski definition) is 0. The van der Waals surface area contributed by atoms with Crippen LogP contribution in [0.1, 0.15) is 33.4 Å². The fourth-order valence-electron chi connectivity index (χ4n) is 9.23. The SMILES string of the molecule is Cc1ccccc1B(c1ccnc(-c2[c-]cc(-c3ccccc3-c3cc(CCc4c[c-]c(-c5ccccn5)cc4)cc(CCc4c[c-]c(-c5ccccn5)cc4)c3)cc2)c1)c1ccccc1C.[Ir+3]. The van der Waals surface area contributed by atoms with E-state index in [4.69, 9.17) is 4.98 Å². The third-order valence-electron chi connectivity index (χ3n) is 12.8. The maximum absolute atomic E-state index is 4.89. The predicted octanol–water partition coefficient (Wildman–Crippen LogP) is 12.3. The molecule has 68 heavy (non-hydrogen) atoms. The molecule has 3 nitrogen and oxygen atoms in total. The molecule has 0 saturated carbocycles. The van der Waals surface area contributed by atoms with E-state index in [1.54, 1.807) is 0 Å². The van der Waals surface area contributed by atoms with Crippen LogP contribution >= 0.6 is 0 Å². The molecule has 0 spiro atoms. The van der Waals surface area contributed by atoms with Gasteiger partial charge < -0.3 is 15.0 Å². The molecule has 0 radical (unpaired) electrons. The van der Waals surface area contributed by atoms with Crippen molar-refractivity contribution in [2.75, 3.05) is 0 Å². The Bertz CT molecular complexity index is 3090. The second-order valence-electron chi connectivity index (χ2n) is 17.3. The van der Waals surface area contributed by atoms with Crippen LogP contribution in [-0.4, -0.2) is 21.7 Å². The van der Waals surface area contributed by atoms with Crippen molar-refractivity contribution >= 4 is 23.1 Å². The molecule has 0 unspecified atom stereocenters. The van der Waals surface area contributed by atoms with Gasteiger partial charge in [-0.3, -0.25) is 0 Å². The molecule has 0 aliphatic carbocycles. The van der Waals surface area contributed by atoms with Crippen molar-refractivity contribution in [2.24, 2.45) is 0 Å². The predicted molar refractivity (Wildman–Crippen MR) is 278 cm³/mol. The molecule has 3 heterocycles. The first-order valence-electron chi connectivity index (χ1n) is 23.2. The first kappa shape index (κ1) is 45.8. The summed E-state index contributed by atoms with van der Waals surface area (Å²) in [7, 11) is 0.